The Morgan fingerprint density at radius 3 is 2.59 bits per heavy atom. The number of carbonyl (C=O) groups excluding carboxylic acids is 1. The maximum atomic E-state index is 11.0. The summed E-state index contributed by atoms with van der Waals surface area (Å²) in [5.41, 5.74) is 1.10. The van der Waals surface area contributed by atoms with Crippen LogP contribution in [-0.2, 0) is 25.6 Å². The van der Waals surface area contributed by atoms with Gasteiger partial charge in [-0.3, -0.25) is 4.79 Å². The predicted molar refractivity (Wildman–Crippen MR) is 102 cm³/mol. The molecule has 0 radical (unpaired) electrons. The first-order valence-corrected chi connectivity index (χ1v) is 9.31. The molecule has 27 heavy (non-hydrogen) atoms. The molecule has 0 saturated heterocycles. The molecule has 0 aliphatic heterocycles. The van der Waals surface area contributed by atoms with Gasteiger partial charge in [-0.25, -0.2) is 0 Å². The number of methoxy groups -OCH3 is 1. The molecule has 1 saturated carbocycles. The highest BCUT2D eigenvalue weighted by molar-refractivity contribution is 5.69. The highest BCUT2D eigenvalue weighted by Crippen LogP contribution is 2.31. The van der Waals surface area contributed by atoms with E-state index in [1.54, 1.807) is 0 Å². The summed E-state index contributed by atoms with van der Waals surface area (Å²) >= 11 is 0. The molecule has 2 aromatic rings. The average molecular weight is 370 g/mol. The Labute approximate surface area is 160 Å². The highest BCUT2D eigenvalue weighted by Gasteiger charge is 2.29. The maximum Gasteiger partial charge on any atom is 0.307 e. The monoisotopic (exact) mass is 370 g/mol. The van der Waals surface area contributed by atoms with E-state index < -0.39 is 0 Å². The summed E-state index contributed by atoms with van der Waals surface area (Å²) in [7, 11) is 1.39. The quantitative estimate of drug-likeness (QED) is 0.460. The molecule has 1 aliphatic carbocycles. The van der Waals surface area contributed by atoms with Gasteiger partial charge in [-0.1, -0.05) is 30.3 Å². The summed E-state index contributed by atoms with van der Waals surface area (Å²) in [5, 5.41) is 0. The lowest BCUT2D eigenvalue weighted by atomic mass is 9.83. The minimum Gasteiger partial charge on any atom is -0.469 e. The first kappa shape index (κ1) is 19.4. The second kappa shape index (κ2) is 10.1. The third kappa shape index (κ3) is 6.38. The molecule has 5 nitrogen and oxygen atoms in total. The molecule has 0 aromatic heterocycles. The summed E-state index contributed by atoms with van der Waals surface area (Å²) in [4.78, 5) is 11.0. The van der Waals surface area contributed by atoms with Crippen LogP contribution in [0.2, 0.25) is 0 Å². The van der Waals surface area contributed by atoms with Crippen molar-refractivity contribution in [2.24, 2.45) is 5.92 Å². The van der Waals surface area contributed by atoms with Crippen LogP contribution in [0.15, 0.2) is 54.6 Å². The first-order chi connectivity index (χ1) is 13.2. The van der Waals surface area contributed by atoms with Gasteiger partial charge in [-0.15, -0.1) is 0 Å². The molecule has 0 unspecified atom stereocenters. The normalized spacial score (nSPS) is 18.6. The highest BCUT2D eigenvalue weighted by atomic mass is 16.5. The largest absolute Gasteiger partial charge is 0.469 e. The molecule has 5 heteroatoms. The topological polar surface area (TPSA) is 54.0 Å². The van der Waals surface area contributed by atoms with Crippen molar-refractivity contribution >= 4 is 5.97 Å². The van der Waals surface area contributed by atoms with Crippen molar-refractivity contribution in [2.45, 2.75) is 32.0 Å². The lowest BCUT2D eigenvalue weighted by Gasteiger charge is -2.34. The molecular weight excluding hydrogens is 344 g/mol. The molecule has 0 atom stereocenters. The molecular formula is C22H26O5. The molecule has 0 spiro atoms. The number of carbonyl (C=O) groups is 1. The predicted octanol–water partition coefficient (Wildman–Crippen LogP) is 4.35. The van der Waals surface area contributed by atoms with E-state index in [-0.39, 0.29) is 12.1 Å². The molecule has 3 rings (SSSR count). The fourth-order valence-electron chi connectivity index (χ4n) is 2.99. The van der Waals surface area contributed by atoms with Crippen LogP contribution in [0, 0.1) is 5.92 Å². The molecule has 0 bridgehead atoms. The Morgan fingerprint density at radius 2 is 1.81 bits per heavy atom. The zero-order chi connectivity index (χ0) is 18.9. The lowest BCUT2D eigenvalue weighted by Crippen LogP contribution is -2.34. The van der Waals surface area contributed by atoms with Gasteiger partial charge in [0.15, 0.2) is 0 Å². The van der Waals surface area contributed by atoms with E-state index in [2.05, 4.69) is 4.74 Å². The van der Waals surface area contributed by atoms with Crippen LogP contribution in [0.25, 0.3) is 0 Å². The van der Waals surface area contributed by atoms with E-state index in [9.17, 15) is 4.79 Å². The molecule has 0 amide bonds. The van der Waals surface area contributed by atoms with Crippen molar-refractivity contribution in [3.8, 4) is 11.5 Å². The number of ether oxygens (including phenoxy) is 4. The van der Waals surface area contributed by atoms with Gasteiger partial charge in [-0.2, -0.15) is 0 Å². The molecule has 1 fully saturated rings. The van der Waals surface area contributed by atoms with Crippen LogP contribution >= 0.6 is 0 Å². The zero-order valence-electron chi connectivity index (χ0n) is 15.6. The smallest absolute Gasteiger partial charge is 0.307 e. The van der Waals surface area contributed by atoms with Crippen LogP contribution < -0.4 is 4.74 Å². The minimum atomic E-state index is -0.233. The zero-order valence-corrected chi connectivity index (χ0v) is 15.6. The Bertz CT molecular complexity index is 710. The van der Waals surface area contributed by atoms with Gasteiger partial charge in [0.25, 0.3) is 0 Å². The summed E-state index contributed by atoms with van der Waals surface area (Å²) in [6.45, 7) is 1.67. The molecule has 0 heterocycles. The van der Waals surface area contributed by atoms with Gasteiger partial charge < -0.3 is 18.9 Å². The van der Waals surface area contributed by atoms with Crippen molar-refractivity contribution in [3.63, 3.8) is 0 Å². The molecule has 144 valence electrons. The van der Waals surface area contributed by atoms with Crippen LogP contribution in [0.1, 0.15) is 24.8 Å². The third-order valence-electron chi connectivity index (χ3n) is 4.59. The second-order valence-corrected chi connectivity index (χ2v) is 6.73. The fourth-order valence-corrected chi connectivity index (χ4v) is 2.99. The Hall–Kier alpha value is -2.37. The maximum absolute atomic E-state index is 11.0. The fraction of sp³-hybridized carbons (Fsp3) is 0.409. The number of para-hydroxylation sites is 1. The standard InChI is InChI=1S/C22H26O5/c1-24-22(23)10-11-25-15-18-13-21(14-18)26-16-17-6-5-9-20(12-17)27-19-7-3-2-4-8-19/h2-9,12,18,21H,10-11,13-16H2,1H3. The van der Waals surface area contributed by atoms with Crippen molar-refractivity contribution in [2.75, 3.05) is 20.3 Å². The van der Waals surface area contributed by atoms with Crippen molar-refractivity contribution < 1.29 is 23.7 Å². The Kier molecular flexibility index (Phi) is 7.25. The average Bonchev–Trinajstić information content (AvgIpc) is 2.66. The van der Waals surface area contributed by atoms with E-state index >= 15 is 0 Å². The first-order valence-electron chi connectivity index (χ1n) is 9.31. The van der Waals surface area contributed by atoms with Crippen molar-refractivity contribution in [1.82, 2.24) is 0 Å². The summed E-state index contributed by atoms with van der Waals surface area (Å²) in [6, 6.07) is 17.7. The van der Waals surface area contributed by atoms with Gasteiger partial charge in [0.1, 0.15) is 11.5 Å². The van der Waals surface area contributed by atoms with E-state index in [4.69, 9.17) is 14.2 Å². The van der Waals surface area contributed by atoms with Crippen molar-refractivity contribution in [3.05, 3.63) is 60.2 Å². The van der Waals surface area contributed by atoms with Crippen molar-refractivity contribution in [1.29, 1.82) is 0 Å². The molecule has 1 aliphatic rings. The summed E-state index contributed by atoms with van der Waals surface area (Å²) < 4.78 is 21.9. The van der Waals surface area contributed by atoms with E-state index in [1.165, 1.54) is 7.11 Å². The number of benzene rings is 2. The van der Waals surface area contributed by atoms with Crippen LogP contribution in [0.5, 0.6) is 11.5 Å². The van der Waals surface area contributed by atoms with E-state index in [0.717, 1.165) is 29.9 Å². The van der Waals surface area contributed by atoms with Crippen LogP contribution in [0.3, 0.4) is 0 Å². The van der Waals surface area contributed by atoms with Gasteiger partial charge >= 0.3 is 5.97 Å². The number of hydrogen-bond donors (Lipinski definition) is 0. The Morgan fingerprint density at radius 1 is 1.04 bits per heavy atom. The third-order valence-corrected chi connectivity index (χ3v) is 4.59. The van der Waals surface area contributed by atoms with Gasteiger partial charge in [0.2, 0.25) is 0 Å². The molecule has 2 aromatic carbocycles. The lowest BCUT2D eigenvalue weighted by molar-refractivity contribution is -0.142. The SMILES string of the molecule is COC(=O)CCOCC1CC(OCc2cccc(Oc3ccccc3)c2)C1. The van der Waals surface area contributed by atoms with Gasteiger partial charge in [-0.05, 0) is 48.6 Å². The second-order valence-electron chi connectivity index (χ2n) is 6.73. The number of rotatable bonds is 10. The van der Waals surface area contributed by atoms with Crippen LogP contribution in [-0.4, -0.2) is 32.4 Å². The Balaban J connectivity index is 1.33. The van der Waals surface area contributed by atoms with E-state index in [1.807, 2.05) is 54.6 Å². The summed E-state index contributed by atoms with van der Waals surface area (Å²) in [5.74, 6) is 1.92. The van der Waals surface area contributed by atoms with Gasteiger partial charge in [0, 0.05) is 6.61 Å². The van der Waals surface area contributed by atoms with Crippen LogP contribution in [0.4, 0.5) is 0 Å². The molecule has 0 N–H and O–H groups in total. The number of esters is 1. The van der Waals surface area contributed by atoms with Gasteiger partial charge in [0.05, 0.1) is 32.8 Å². The minimum absolute atomic E-state index is 0.233. The number of hydrogen-bond acceptors (Lipinski definition) is 5. The summed E-state index contributed by atoms with van der Waals surface area (Å²) in [6.07, 6.45) is 2.58. The van der Waals surface area contributed by atoms with E-state index in [0.29, 0.717) is 32.2 Å².